The smallest absolute Gasteiger partial charge is 0.143 e. The van der Waals surface area contributed by atoms with Gasteiger partial charge in [-0.1, -0.05) is 206 Å². The highest BCUT2D eigenvalue weighted by atomic mass is 16.3. The third kappa shape index (κ3) is 5.78. The van der Waals surface area contributed by atoms with Crippen molar-refractivity contribution in [1.29, 1.82) is 0 Å². The van der Waals surface area contributed by atoms with Gasteiger partial charge in [-0.25, -0.2) is 0 Å². The average Bonchev–Trinajstić information content (AvgIpc) is 3.88. The van der Waals surface area contributed by atoms with Crippen molar-refractivity contribution in [1.82, 2.24) is 0 Å². The molecule has 11 aromatic rings. The molecule has 0 unspecified atom stereocenters. The first-order valence-corrected chi connectivity index (χ1v) is 21.4. The summed E-state index contributed by atoms with van der Waals surface area (Å²) in [5, 5.41) is 2.20. The van der Waals surface area contributed by atoms with Crippen LogP contribution in [0.4, 0.5) is 0 Å². The van der Waals surface area contributed by atoms with Crippen molar-refractivity contribution < 1.29 is 4.42 Å². The summed E-state index contributed by atoms with van der Waals surface area (Å²) < 4.78 is 6.92. The Balaban J connectivity index is 1.05. The maximum Gasteiger partial charge on any atom is 0.143 e. The van der Waals surface area contributed by atoms with Crippen LogP contribution in [0.5, 0.6) is 0 Å². The van der Waals surface area contributed by atoms with E-state index in [0.717, 1.165) is 49.8 Å². The maximum atomic E-state index is 6.92. The average molecular weight is 789 g/mol. The molecule has 290 valence electrons. The molecule has 0 saturated heterocycles. The Kier molecular flexibility index (Phi) is 8.47. The van der Waals surface area contributed by atoms with Gasteiger partial charge < -0.3 is 4.42 Å². The Morgan fingerprint density at radius 2 is 0.694 bits per heavy atom. The van der Waals surface area contributed by atoms with Crippen LogP contribution >= 0.6 is 0 Å². The number of hydrogen-bond donors (Lipinski definition) is 0. The summed E-state index contributed by atoms with van der Waals surface area (Å²) in [6, 6.07) is 88.4. The van der Waals surface area contributed by atoms with Gasteiger partial charge in [0.1, 0.15) is 11.2 Å². The largest absolute Gasteiger partial charge is 0.455 e. The van der Waals surface area contributed by atoms with E-state index < -0.39 is 5.41 Å². The van der Waals surface area contributed by atoms with Gasteiger partial charge in [0.2, 0.25) is 0 Å². The van der Waals surface area contributed by atoms with Gasteiger partial charge in [0.15, 0.2) is 0 Å². The van der Waals surface area contributed by atoms with Crippen LogP contribution in [0.3, 0.4) is 0 Å². The number of fused-ring (bicyclic) bond motifs is 6. The molecule has 10 aromatic carbocycles. The predicted octanol–water partition coefficient (Wildman–Crippen LogP) is 16.3. The third-order valence-corrected chi connectivity index (χ3v) is 13.0. The second-order valence-corrected chi connectivity index (χ2v) is 16.4. The molecular weight excluding hydrogens is 749 g/mol. The zero-order valence-corrected chi connectivity index (χ0v) is 34.0. The topological polar surface area (TPSA) is 13.1 Å². The van der Waals surface area contributed by atoms with Gasteiger partial charge in [-0.2, -0.15) is 0 Å². The number of benzene rings is 10. The molecule has 0 aliphatic heterocycles. The van der Waals surface area contributed by atoms with Crippen molar-refractivity contribution in [2.24, 2.45) is 0 Å². The molecule has 0 atom stereocenters. The molecule has 0 amide bonds. The van der Waals surface area contributed by atoms with E-state index in [1.165, 1.54) is 61.2 Å². The van der Waals surface area contributed by atoms with Crippen LogP contribution in [0.1, 0.15) is 22.3 Å². The Morgan fingerprint density at radius 3 is 1.29 bits per heavy atom. The van der Waals surface area contributed by atoms with Crippen molar-refractivity contribution in [3.8, 4) is 66.8 Å². The van der Waals surface area contributed by atoms with Crippen molar-refractivity contribution in [2.75, 3.05) is 0 Å². The summed E-state index contributed by atoms with van der Waals surface area (Å²) in [5.41, 5.74) is 20.6. The third-order valence-electron chi connectivity index (χ3n) is 13.0. The van der Waals surface area contributed by atoms with Gasteiger partial charge >= 0.3 is 0 Å². The molecule has 1 aromatic heterocycles. The molecule has 0 saturated carbocycles. The molecule has 1 aliphatic carbocycles. The standard InChI is InChI=1S/C61H40O/c1-4-16-41(17-5-1)44-20-14-22-46(36-44)48-32-35-59-55(38-48)56-40-49(47-23-15-21-45(37-47)42-18-6-2-7-19-42)39-54(60(56)62-59)43-30-33-51(34-31-43)61(50-24-8-3-9-25-50)57-28-12-10-26-52(57)53-27-11-13-29-58(53)61/h1-40H. The molecule has 0 radical (unpaired) electrons. The number of rotatable bonds is 7. The first kappa shape index (κ1) is 35.9. The van der Waals surface area contributed by atoms with Gasteiger partial charge in [-0.05, 0) is 120 Å². The van der Waals surface area contributed by atoms with Crippen molar-refractivity contribution in [3.05, 3.63) is 265 Å². The fourth-order valence-corrected chi connectivity index (χ4v) is 10.1. The highest BCUT2D eigenvalue weighted by Gasteiger charge is 2.45. The fraction of sp³-hybridized carbons (Fsp3) is 0.0164. The second-order valence-electron chi connectivity index (χ2n) is 16.4. The van der Waals surface area contributed by atoms with E-state index in [1.54, 1.807) is 0 Å². The molecule has 1 heterocycles. The van der Waals surface area contributed by atoms with Gasteiger partial charge in [0, 0.05) is 16.3 Å². The lowest BCUT2D eigenvalue weighted by Crippen LogP contribution is -2.28. The van der Waals surface area contributed by atoms with E-state index in [1.807, 2.05) is 0 Å². The highest BCUT2D eigenvalue weighted by Crippen LogP contribution is 2.56. The molecular formula is C61H40O. The van der Waals surface area contributed by atoms with E-state index >= 15 is 0 Å². The van der Waals surface area contributed by atoms with Crippen LogP contribution in [0.2, 0.25) is 0 Å². The summed E-state index contributed by atoms with van der Waals surface area (Å²) >= 11 is 0. The number of hydrogen-bond acceptors (Lipinski definition) is 1. The van der Waals surface area contributed by atoms with E-state index in [2.05, 4.69) is 243 Å². The summed E-state index contributed by atoms with van der Waals surface area (Å²) in [5.74, 6) is 0. The highest BCUT2D eigenvalue weighted by molar-refractivity contribution is 6.12. The Morgan fingerprint density at radius 1 is 0.258 bits per heavy atom. The quantitative estimate of drug-likeness (QED) is 0.157. The minimum atomic E-state index is -0.463. The Labute approximate surface area is 361 Å². The predicted molar refractivity (Wildman–Crippen MR) is 258 cm³/mol. The zero-order chi connectivity index (χ0) is 41.0. The fourth-order valence-electron chi connectivity index (χ4n) is 10.1. The first-order valence-electron chi connectivity index (χ1n) is 21.4. The summed E-state index contributed by atoms with van der Waals surface area (Å²) in [7, 11) is 0. The van der Waals surface area contributed by atoms with Crippen LogP contribution in [0.15, 0.2) is 247 Å². The van der Waals surface area contributed by atoms with Gasteiger partial charge in [-0.3, -0.25) is 0 Å². The zero-order valence-electron chi connectivity index (χ0n) is 34.0. The molecule has 1 aliphatic rings. The second kappa shape index (κ2) is 14.6. The monoisotopic (exact) mass is 788 g/mol. The van der Waals surface area contributed by atoms with Crippen molar-refractivity contribution in [3.63, 3.8) is 0 Å². The molecule has 0 spiro atoms. The Bertz CT molecular complexity index is 3390. The van der Waals surface area contributed by atoms with Crippen LogP contribution in [0.25, 0.3) is 88.7 Å². The minimum absolute atomic E-state index is 0.463. The van der Waals surface area contributed by atoms with Gasteiger partial charge in [-0.15, -0.1) is 0 Å². The minimum Gasteiger partial charge on any atom is -0.455 e. The van der Waals surface area contributed by atoms with E-state index in [4.69, 9.17) is 4.42 Å². The maximum absolute atomic E-state index is 6.92. The lowest BCUT2D eigenvalue weighted by Gasteiger charge is -2.34. The van der Waals surface area contributed by atoms with Crippen LogP contribution in [-0.2, 0) is 5.41 Å². The van der Waals surface area contributed by atoms with E-state index in [0.29, 0.717) is 0 Å². The molecule has 12 rings (SSSR count). The van der Waals surface area contributed by atoms with E-state index in [-0.39, 0.29) is 0 Å². The molecule has 1 heteroatoms. The molecule has 1 nitrogen and oxygen atoms in total. The lowest BCUT2D eigenvalue weighted by molar-refractivity contribution is 0.670. The van der Waals surface area contributed by atoms with Crippen LogP contribution in [-0.4, -0.2) is 0 Å². The lowest BCUT2D eigenvalue weighted by atomic mass is 9.67. The van der Waals surface area contributed by atoms with Gasteiger partial charge in [0.05, 0.1) is 5.41 Å². The molecule has 0 N–H and O–H groups in total. The first-order chi connectivity index (χ1) is 30.7. The van der Waals surface area contributed by atoms with Crippen LogP contribution in [0, 0.1) is 0 Å². The molecule has 0 fully saturated rings. The molecule has 62 heavy (non-hydrogen) atoms. The number of furan rings is 1. The Hall–Kier alpha value is -8.00. The molecule has 0 bridgehead atoms. The summed E-state index contributed by atoms with van der Waals surface area (Å²) in [4.78, 5) is 0. The van der Waals surface area contributed by atoms with E-state index in [9.17, 15) is 0 Å². The van der Waals surface area contributed by atoms with Crippen LogP contribution < -0.4 is 0 Å². The SMILES string of the molecule is c1ccc(-c2cccc(-c3ccc4oc5c(-c6ccc(C7(c8ccccc8)c8ccccc8-c8ccccc87)cc6)cc(-c6cccc(-c7ccccc7)c6)cc5c4c3)c2)cc1. The van der Waals surface area contributed by atoms with Crippen molar-refractivity contribution >= 4 is 21.9 Å². The normalized spacial score (nSPS) is 12.6. The summed E-state index contributed by atoms with van der Waals surface area (Å²) in [6.07, 6.45) is 0. The van der Waals surface area contributed by atoms with Crippen molar-refractivity contribution in [2.45, 2.75) is 5.41 Å². The van der Waals surface area contributed by atoms with Gasteiger partial charge in [0.25, 0.3) is 0 Å². The summed E-state index contributed by atoms with van der Waals surface area (Å²) in [6.45, 7) is 0.